The number of phenols is 3. The van der Waals surface area contributed by atoms with Gasteiger partial charge < -0.3 is 20.6 Å². The zero-order chi connectivity index (χ0) is 19.7. The van der Waals surface area contributed by atoms with E-state index >= 15 is 0 Å². The van der Waals surface area contributed by atoms with Gasteiger partial charge in [-0.25, -0.2) is 0 Å². The number of amides is 1. The molecule has 0 bridgehead atoms. The molecular weight excluding hydrogens is 360 g/mol. The Balaban J connectivity index is 1.46. The smallest absolute Gasteiger partial charge is 0.257 e. The molecule has 1 aliphatic rings. The second-order valence-corrected chi connectivity index (χ2v) is 6.79. The minimum Gasteiger partial charge on any atom is -0.504 e. The molecule has 0 saturated heterocycles. The van der Waals surface area contributed by atoms with Crippen molar-refractivity contribution in [2.24, 2.45) is 0 Å². The molecule has 1 aliphatic heterocycles. The first-order chi connectivity index (χ1) is 13.5. The van der Waals surface area contributed by atoms with Crippen LogP contribution in [-0.2, 0) is 19.5 Å². The third-order valence-electron chi connectivity index (χ3n) is 4.83. The molecule has 28 heavy (non-hydrogen) atoms. The number of fused-ring (bicyclic) bond motifs is 1. The molecule has 1 amide bonds. The van der Waals surface area contributed by atoms with Crippen LogP contribution in [0, 0.1) is 0 Å². The van der Waals surface area contributed by atoms with Gasteiger partial charge in [0, 0.05) is 30.8 Å². The number of hydrogen-bond donors (Lipinski definition) is 5. The van der Waals surface area contributed by atoms with Crippen molar-refractivity contribution in [2.75, 3.05) is 11.9 Å². The van der Waals surface area contributed by atoms with Crippen molar-refractivity contribution in [3.8, 4) is 17.2 Å². The van der Waals surface area contributed by atoms with Gasteiger partial charge in [0.15, 0.2) is 23.1 Å². The second-order valence-electron chi connectivity index (χ2n) is 6.79. The van der Waals surface area contributed by atoms with E-state index in [0.717, 1.165) is 42.9 Å². The largest absolute Gasteiger partial charge is 0.504 e. The summed E-state index contributed by atoms with van der Waals surface area (Å²) >= 11 is 0. The summed E-state index contributed by atoms with van der Waals surface area (Å²) in [4.78, 5) is 14.7. The number of carbonyl (C=O) groups is 1. The fourth-order valence-electron chi connectivity index (χ4n) is 3.37. The van der Waals surface area contributed by atoms with Crippen LogP contribution in [0.3, 0.4) is 0 Å². The highest BCUT2D eigenvalue weighted by molar-refractivity contribution is 6.05. The number of hydrogen-bond acceptors (Lipinski definition) is 6. The van der Waals surface area contributed by atoms with Crippen molar-refractivity contribution in [1.82, 2.24) is 15.1 Å². The fourth-order valence-corrected chi connectivity index (χ4v) is 3.37. The standard InChI is InChI=1S/C20H20N4O4/c25-16-8-13(9-17(26)18(16)27)20(28)21-19-14-6-7-24(11-15(14)22-23-19)10-12-4-2-1-3-5-12/h1-5,8-9,25-27H,6-7,10-11H2,(H2,21,22,23,28). The Kier molecular flexibility index (Phi) is 4.62. The summed E-state index contributed by atoms with van der Waals surface area (Å²) in [5.74, 6) is -1.89. The third-order valence-corrected chi connectivity index (χ3v) is 4.83. The number of carbonyl (C=O) groups excluding carboxylic acids is 1. The average molecular weight is 380 g/mol. The van der Waals surface area contributed by atoms with E-state index in [-0.39, 0.29) is 5.56 Å². The molecule has 144 valence electrons. The van der Waals surface area contributed by atoms with Crippen LogP contribution in [-0.4, -0.2) is 42.9 Å². The molecule has 0 spiro atoms. The maximum atomic E-state index is 12.4. The summed E-state index contributed by atoms with van der Waals surface area (Å²) in [6.45, 7) is 2.38. The lowest BCUT2D eigenvalue weighted by Gasteiger charge is -2.26. The van der Waals surface area contributed by atoms with Crippen LogP contribution in [0.4, 0.5) is 5.82 Å². The summed E-state index contributed by atoms with van der Waals surface area (Å²) < 4.78 is 0. The van der Waals surface area contributed by atoms with Gasteiger partial charge in [0.2, 0.25) is 0 Å². The van der Waals surface area contributed by atoms with Gasteiger partial charge in [-0.2, -0.15) is 5.10 Å². The van der Waals surface area contributed by atoms with Crippen LogP contribution in [0.25, 0.3) is 0 Å². The predicted molar refractivity (Wildman–Crippen MR) is 102 cm³/mol. The van der Waals surface area contributed by atoms with Gasteiger partial charge >= 0.3 is 0 Å². The molecule has 1 aromatic heterocycles. The van der Waals surface area contributed by atoms with E-state index in [2.05, 4.69) is 32.5 Å². The van der Waals surface area contributed by atoms with Crippen LogP contribution in [0.15, 0.2) is 42.5 Å². The van der Waals surface area contributed by atoms with Crippen LogP contribution in [0.2, 0.25) is 0 Å². The molecule has 3 aromatic rings. The molecule has 0 fully saturated rings. The van der Waals surface area contributed by atoms with E-state index in [1.807, 2.05) is 18.2 Å². The van der Waals surface area contributed by atoms with Crippen LogP contribution in [0.5, 0.6) is 17.2 Å². The van der Waals surface area contributed by atoms with Crippen molar-refractivity contribution in [3.05, 3.63) is 64.8 Å². The minimum absolute atomic E-state index is 0.0195. The van der Waals surface area contributed by atoms with E-state index in [1.54, 1.807) is 0 Å². The molecule has 8 nitrogen and oxygen atoms in total. The van der Waals surface area contributed by atoms with Gasteiger partial charge in [0.05, 0.1) is 5.69 Å². The quantitative estimate of drug-likeness (QED) is 0.443. The maximum Gasteiger partial charge on any atom is 0.257 e. The van der Waals surface area contributed by atoms with Gasteiger partial charge in [-0.3, -0.25) is 14.8 Å². The topological polar surface area (TPSA) is 122 Å². The number of benzene rings is 2. The zero-order valence-electron chi connectivity index (χ0n) is 15.0. The molecule has 2 aromatic carbocycles. The normalized spacial score (nSPS) is 13.9. The summed E-state index contributed by atoms with van der Waals surface area (Å²) in [6.07, 6.45) is 0.736. The Bertz CT molecular complexity index is 993. The van der Waals surface area contributed by atoms with Crippen molar-refractivity contribution in [2.45, 2.75) is 19.5 Å². The second kappa shape index (κ2) is 7.24. The van der Waals surface area contributed by atoms with Crippen LogP contribution in [0.1, 0.15) is 27.2 Å². The maximum absolute atomic E-state index is 12.4. The summed E-state index contributed by atoms with van der Waals surface area (Å²) in [5.41, 5.74) is 3.16. The Morgan fingerprint density at radius 2 is 1.86 bits per heavy atom. The van der Waals surface area contributed by atoms with E-state index in [1.165, 1.54) is 5.56 Å². The van der Waals surface area contributed by atoms with E-state index in [4.69, 9.17) is 0 Å². The minimum atomic E-state index is -0.660. The van der Waals surface area contributed by atoms with Gasteiger partial charge in [-0.15, -0.1) is 0 Å². The number of aromatic hydroxyl groups is 3. The van der Waals surface area contributed by atoms with Gasteiger partial charge in [-0.05, 0) is 24.1 Å². The molecule has 4 rings (SSSR count). The van der Waals surface area contributed by atoms with Gasteiger partial charge in [0.25, 0.3) is 5.91 Å². The van der Waals surface area contributed by atoms with E-state index in [0.29, 0.717) is 12.4 Å². The summed E-state index contributed by atoms with van der Waals surface area (Å²) in [5, 5.41) is 38.5. The SMILES string of the molecule is O=C(Nc1n[nH]c2c1CCN(Cc1ccccc1)C2)c1cc(O)c(O)c(O)c1. The molecule has 0 aliphatic carbocycles. The highest BCUT2D eigenvalue weighted by atomic mass is 16.3. The number of rotatable bonds is 4. The van der Waals surface area contributed by atoms with Gasteiger partial charge in [-0.1, -0.05) is 30.3 Å². The number of aromatic nitrogens is 2. The van der Waals surface area contributed by atoms with Crippen molar-refractivity contribution >= 4 is 11.7 Å². The van der Waals surface area contributed by atoms with Crippen LogP contribution >= 0.6 is 0 Å². The first-order valence-corrected chi connectivity index (χ1v) is 8.90. The Morgan fingerprint density at radius 1 is 1.14 bits per heavy atom. The van der Waals surface area contributed by atoms with Crippen molar-refractivity contribution < 1.29 is 20.1 Å². The molecule has 5 N–H and O–H groups in total. The number of nitrogens with zero attached hydrogens (tertiary/aromatic N) is 2. The number of H-pyrrole nitrogens is 1. The van der Waals surface area contributed by atoms with Crippen LogP contribution < -0.4 is 5.32 Å². The lowest BCUT2D eigenvalue weighted by Crippen LogP contribution is -2.30. The molecule has 0 radical (unpaired) electrons. The molecule has 0 unspecified atom stereocenters. The predicted octanol–water partition coefficient (Wildman–Crippen LogP) is 2.34. The highest BCUT2D eigenvalue weighted by Gasteiger charge is 2.23. The molecule has 0 saturated carbocycles. The number of nitrogens with one attached hydrogen (secondary N) is 2. The summed E-state index contributed by atoms with van der Waals surface area (Å²) in [7, 11) is 0. The number of phenolic OH excluding ortho intramolecular Hbond substituents is 3. The van der Waals surface area contributed by atoms with E-state index in [9.17, 15) is 20.1 Å². The Labute approximate surface area is 161 Å². The Hall–Kier alpha value is -3.52. The number of aromatic amines is 1. The highest BCUT2D eigenvalue weighted by Crippen LogP contribution is 2.35. The zero-order valence-corrected chi connectivity index (χ0v) is 15.0. The lowest BCUT2D eigenvalue weighted by atomic mass is 10.1. The lowest BCUT2D eigenvalue weighted by molar-refractivity contribution is 0.102. The molecule has 0 atom stereocenters. The average Bonchev–Trinajstić information content (AvgIpc) is 3.08. The first-order valence-electron chi connectivity index (χ1n) is 8.90. The summed E-state index contributed by atoms with van der Waals surface area (Å²) in [6, 6.07) is 12.4. The first kappa shape index (κ1) is 17.9. The van der Waals surface area contributed by atoms with Crippen molar-refractivity contribution in [1.29, 1.82) is 0 Å². The third kappa shape index (κ3) is 3.49. The van der Waals surface area contributed by atoms with Crippen molar-refractivity contribution in [3.63, 3.8) is 0 Å². The van der Waals surface area contributed by atoms with Gasteiger partial charge in [0.1, 0.15) is 0 Å². The monoisotopic (exact) mass is 380 g/mol. The molecular formula is C20H20N4O4. The Morgan fingerprint density at radius 3 is 2.57 bits per heavy atom. The molecule has 8 heteroatoms. The number of anilines is 1. The molecule has 2 heterocycles. The van der Waals surface area contributed by atoms with E-state index < -0.39 is 23.2 Å². The fraction of sp³-hybridized carbons (Fsp3) is 0.200.